The van der Waals surface area contributed by atoms with Crippen LogP contribution < -0.4 is 0 Å². The first-order valence-electron chi connectivity index (χ1n) is 16.8. The van der Waals surface area contributed by atoms with Crippen molar-refractivity contribution in [2.75, 3.05) is 0 Å². The normalized spacial score (nSPS) is 12.0. The van der Waals surface area contributed by atoms with Crippen molar-refractivity contribution in [3.63, 3.8) is 0 Å². The SMILES string of the molecule is c1ccc(-c2nc(-c3cccc4oc5c6ccccc6ccc5c34)nc(-n3c4ccc5ccccc5c4c4ccc5ccccc5c43)n2)cc1. The fraction of sp³-hybridized carbons (Fsp3) is 0. The van der Waals surface area contributed by atoms with Gasteiger partial charge in [-0.1, -0.05) is 140 Å². The minimum absolute atomic E-state index is 0.566. The van der Waals surface area contributed by atoms with Crippen molar-refractivity contribution < 1.29 is 4.42 Å². The summed E-state index contributed by atoms with van der Waals surface area (Å²) < 4.78 is 8.81. The molecule has 5 heteroatoms. The highest BCUT2D eigenvalue weighted by Gasteiger charge is 2.22. The summed E-state index contributed by atoms with van der Waals surface area (Å²) in [7, 11) is 0. The van der Waals surface area contributed by atoms with Gasteiger partial charge in [-0.2, -0.15) is 9.97 Å². The van der Waals surface area contributed by atoms with Crippen molar-refractivity contribution in [3.05, 3.63) is 158 Å². The molecule has 0 fully saturated rings. The molecule has 0 aliphatic heterocycles. The molecule has 3 heterocycles. The van der Waals surface area contributed by atoms with Crippen molar-refractivity contribution in [1.82, 2.24) is 19.5 Å². The molecule has 0 unspecified atom stereocenters. The molecule has 232 valence electrons. The van der Waals surface area contributed by atoms with Gasteiger partial charge in [0.2, 0.25) is 5.95 Å². The number of aromatic nitrogens is 4. The third kappa shape index (κ3) is 3.86. The highest BCUT2D eigenvalue weighted by Crippen LogP contribution is 2.42. The molecule has 0 N–H and O–H groups in total. The highest BCUT2D eigenvalue weighted by molar-refractivity contribution is 6.26. The number of rotatable bonds is 3. The zero-order valence-electron chi connectivity index (χ0n) is 26.7. The van der Waals surface area contributed by atoms with Gasteiger partial charge in [-0.3, -0.25) is 4.57 Å². The molecule has 11 rings (SSSR count). The predicted octanol–water partition coefficient (Wildman–Crippen LogP) is 11.7. The summed E-state index contributed by atoms with van der Waals surface area (Å²) in [5, 5.41) is 11.3. The van der Waals surface area contributed by atoms with Gasteiger partial charge in [-0.05, 0) is 39.7 Å². The lowest BCUT2D eigenvalue weighted by Crippen LogP contribution is -2.06. The second-order valence-electron chi connectivity index (χ2n) is 12.8. The lowest BCUT2D eigenvalue weighted by Gasteiger charge is -2.12. The van der Waals surface area contributed by atoms with E-state index in [0.717, 1.165) is 71.0 Å². The van der Waals surface area contributed by atoms with Gasteiger partial charge in [0.05, 0.1) is 11.0 Å². The smallest absolute Gasteiger partial charge is 0.238 e. The molecule has 0 bridgehead atoms. The van der Waals surface area contributed by atoms with Gasteiger partial charge in [-0.25, -0.2) is 4.98 Å². The van der Waals surface area contributed by atoms with Gasteiger partial charge in [0.15, 0.2) is 11.6 Å². The van der Waals surface area contributed by atoms with Crippen LogP contribution in [-0.2, 0) is 0 Å². The molecular formula is C45H26N4O. The first-order valence-corrected chi connectivity index (χ1v) is 16.8. The Morgan fingerprint density at radius 3 is 1.88 bits per heavy atom. The summed E-state index contributed by atoms with van der Waals surface area (Å²) in [5.41, 5.74) is 5.60. The Hall–Kier alpha value is -6.85. The lowest BCUT2D eigenvalue weighted by atomic mass is 10.0. The van der Waals surface area contributed by atoms with Crippen LogP contribution in [0.4, 0.5) is 0 Å². The van der Waals surface area contributed by atoms with E-state index in [1.807, 2.05) is 30.3 Å². The molecule has 0 saturated heterocycles. The number of fused-ring (bicyclic) bond motifs is 12. The second-order valence-corrected chi connectivity index (χ2v) is 12.8. The maximum absolute atomic E-state index is 6.57. The first kappa shape index (κ1) is 27.1. The molecule has 0 saturated carbocycles. The largest absolute Gasteiger partial charge is 0.455 e. The van der Waals surface area contributed by atoms with E-state index < -0.39 is 0 Å². The predicted molar refractivity (Wildman–Crippen MR) is 205 cm³/mol. The summed E-state index contributed by atoms with van der Waals surface area (Å²) in [6, 6.07) is 54.9. The summed E-state index contributed by atoms with van der Waals surface area (Å²) in [5.74, 6) is 1.76. The molecule has 8 aromatic carbocycles. The van der Waals surface area contributed by atoms with Crippen LogP contribution in [0.1, 0.15) is 0 Å². The Kier molecular flexibility index (Phi) is 5.60. The molecule has 0 aliphatic rings. The summed E-state index contributed by atoms with van der Waals surface area (Å²) in [6.45, 7) is 0. The Labute approximate surface area is 285 Å². The van der Waals surface area contributed by atoms with Crippen LogP contribution in [0.3, 0.4) is 0 Å². The van der Waals surface area contributed by atoms with Crippen LogP contribution >= 0.6 is 0 Å². The quantitative estimate of drug-likeness (QED) is 0.193. The van der Waals surface area contributed by atoms with Gasteiger partial charge in [-0.15, -0.1) is 0 Å². The van der Waals surface area contributed by atoms with E-state index in [2.05, 4.69) is 132 Å². The van der Waals surface area contributed by atoms with E-state index in [-0.39, 0.29) is 0 Å². The van der Waals surface area contributed by atoms with E-state index in [9.17, 15) is 0 Å². The molecule has 0 amide bonds. The Balaban J connectivity index is 1.28. The minimum atomic E-state index is 0.566. The van der Waals surface area contributed by atoms with Crippen LogP contribution in [-0.4, -0.2) is 19.5 Å². The molecule has 11 aromatic rings. The number of nitrogens with zero attached hydrogens (tertiary/aromatic N) is 4. The molecule has 3 aromatic heterocycles. The fourth-order valence-corrected chi connectivity index (χ4v) is 7.80. The number of hydrogen-bond donors (Lipinski definition) is 0. The average molecular weight is 639 g/mol. The van der Waals surface area contributed by atoms with Crippen LogP contribution in [0.2, 0.25) is 0 Å². The Bertz CT molecular complexity index is 3160. The van der Waals surface area contributed by atoms with E-state index in [0.29, 0.717) is 17.6 Å². The van der Waals surface area contributed by atoms with E-state index in [4.69, 9.17) is 19.4 Å². The van der Waals surface area contributed by atoms with Gasteiger partial charge >= 0.3 is 0 Å². The van der Waals surface area contributed by atoms with Crippen molar-refractivity contribution in [2.45, 2.75) is 0 Å². The van der Waals surface area contributed by atoms with Crippen LogP contribution in [0.5, 0.6) is 0 Å². The average Bonchev–Trinajstić information content (AvgIpc) is 3.75. The first-order chi connectivity index (χ1) is 24.8. The standard InChI is InChI=1S/C45H26N4O/c1-2-14-30(15-3-1)43-46-44(36-19-10-20-38-40(36)35-25-22-29-13-6-9-18-33(29)42(35)50-38)48-45(47-43)49-37-26-23-27-11-4-7-16-31(27)39(37)34-24-21-28-12-5-8-17-32(28)41(34)49/h1-26H. The zero-order chi connectivity index (χ0) is 32.8. The zero-order valence-corrected chi connectivity index (χ0v) is 26.7. The van der Waals surface area contributed by atoms with E-state index in [1.54, 1.807) is 0 Å². The lowest BCUT2D eigenvalue weighted by molar-refractivity contribution is 0.672. The van der Waals surface area contributed by atoms with Crippen molar-refractivity contribution >= 4 is 76.1 Å². The molecular weight excluding hydrogens is 613 g/mol. The van der Waals surface area contributed by atoms with Crippen molar-refractivity contribution in [3.8, 4) is 28.7 Å². The van der Waals surface area contributed by atoms with E-state index in [1.165, 1.54) is 16.2 Å². The van der Waals surface area contributed by atoms with Gasteiger partial charge in [0, 0.05) is 43.4 Å². The second kappa shape index (κ2) is 10.3. The summed E-state index contributed by atoms with van der Waals surface area (Å²) in [4.78, 5) is 15.8. The van der Waals surface area contributed by atoms with Crippen LogP contribution in [0.25, 0.3) is 105 Å². The van der Waals surface area contributed by atoms with Crippen LogP contribution in [0, 0.1) is 0 Å². The number of furan rings is 1. The molecule has 0 spiro atoms. The van der Waals surface area contributed by atoms with Gasteiger partial charge in [0.1, 0.15) is 11.2 Å². The molecule has 0 radical (unpaired) electrons. The third-order valence-electron chi connectivity index (χ3n) is 10.0. The van der Waals surface area contributed by atoms with Crippen molar-refractivity contribution in [1.29, 1.82) is 0 Å². The maximum Gasteiger partial charge on any atom is 0.238 e. The molecule has 0 aliphatic carbocycles. The van der Waals surface area contributed by atoms with E-state index >= 15 is 0 Å². The molecule has 50 heavy (non-hydrogen) atoms. The summed E-state index contributed by atoms with van der Waals surface area (Å²) in [6.07, 6.45) is 0. The Morgan fingerprint density at radius 2 is 1.06 bits per heavy atom. The van der Waals surface area contributed by atoms with Crippen molar-refractivity contribution in [2.24, 2.45) is 0 Å². The van der Waals surface area contributed by atoms with Gasteiger partial charge < -0.3 is 4.42 Å². The third-order valence-corrected chi connectivity index (χ3v) is 10.0. The fourth-order valence-electron chi connectivity index (χ4n) is 7.80. The topological polar surface area (TPSA) is 56.7 Å². The summed E-state index contributed by atoms with van der Waals surface area (Å²) >= 11 is 0. The monoisotopic (exact) mass is 638 g/mol. The highest BCUT2D eigenvalue weighted by atomic mass is 16.3. The molecule has 0 atom stereocenters. The van der Waals surface area contributed by atoms with Gasteiger partial charge in [0.25, 0.3) is 0 Å². The maximum atomic E-state index is 6.57. The Morgan fingerprint density at radius 1 is 0.420 bits per heavy atom. The minimum Gasteiger partial charge on any atom is -0.455 e. The molecule has 5 nitrogen and oxygen atoms in total. The van der Waals surface area contributed by atoms with Crippen LogP contribution in [0.15, 0.2) is 162 Å². The number of hydrogen-bond acceptors (Lipinski definition) is 4. The number of benzene rings is 8.